The first kappa shape index (κ1) is 21.7. The van der Waals surface area contributed by atoms with Gasteiger partial charge in [-0.2, -0.15) is 0 Å². The summed E-state index contributed by atoms with van der Waals surface area (Å²) in [4.78, 5) is 28.5. The summed E-state index contributed by atoms with van der Waals surface area (Å²) in [6.45, 7) is 2.36. The van der Waals surface area contributed by atoms with E-state index in [0.29, 0.717) is 18.5 Å². The fourth-order valence-corrected chi connectivity index (χ4v) is 3.73. The number of carbonyl (C=O) groups excluding carboxylic acids is 2. The van der Waals surface area contributed by atoms with Gasteiger partial charge in [-0.25, -0.2) is 13.6 Å². The smallest absolute Gasteiger partial charge is 0.327 e. The minimum Gasteiger partial charge on any atom is -0.497 e. The van der Waals surface area contributed by atoms with Crippen molar-refractivity contribution in [2.45, 2.75) is 45.2 Å². The predicted molar refractivity (Wildman–Crippen MR) is 109 cm³/mol. The lowest BCUT2D eigenvalue weighted by molar-refractivity contribution is -0.128. The highest BCUT2D eigenvalue weighted by Crippen LogP contribution is 2.25. The van der Waals surface area contributed by atoms with Gasteiger partial charge in [0.15, 0.2) is 11.6 Å². The Hall–Kier alpha value is -2.96. The Bertz CT molecular complexity index is 902. The number of imide groups is 1. The Labute approximate surface area is 175 Å². The minimum absolute atomic E-state index is 0.0654. The number of halogens is 2. The first-order valence-electron chi connectivity index (χ1n) is 10.1. The fraction of sp³-hybridized carbons (Fsp3) is 0.391. The molecule has 1 aliphatic heterocycles. The minimum atomic E-state index is -0.993. The molecule has 1 saturated heterocycles. The van der Waals surface area contributed by atoms with Gasteiger partial charge in [0.05, 0.1) is 13.7 Å². The number of ether oxygens (including phenoxy) is 1. The van der Waals surface area contributed by atoms with E-state index >= 15 is 0 Å². The van der Waals surface area contributed by atoms with Gasteiger partial charge >= 0.3 is 6.03 Å². The third kappa shape index (κ3) is 4.78. The van der Waals surface area contributed by atoms with E-state index in [9.17, 15) is 18.4 Å². The molecule has 0 bridgehead atoms. The van der Waals surface area contributed by atoms with Crippen molar-refractivity contribution in [2.75, 3.05) is 13.7 Å². The van der Waals surface area contributed by atoms with Gasteiger partial charge in [0.25, 0.3) is 5.91 Å². The van der Waals surface area contributed by atoms with Crippen LogP contribution in [0.5, 0.6) is 5.75 Å². The maximum Gasteiger partial charge on any atom is 0.327 e. The van der Waals surface area contributed by atoms with E-state index in [2.05, 4.69) is 0 Å². The van der Waals surface area contributed by atoms with Crippen LogP contribution < -0.4 is 4.74 Å². The second-order valence-electron chi connectivity index (χ2n) is 7.40. The van der Waals surface area contributed by atoms with Crippen LogP contribution >= 0.6 is 0 Å². The van der Waals surface area contributed by atoms with Crippen LogP contribution in [-0.4, -0.2) is 41.4 Å². The maximum absolute atomic E-state index is 13.5. The van der Waals surface area contributed by atoms with Crippen LogP contribution in [-0.2, 0) is 17.8 Å². The average Bonchev–Trinajstić information content (AvgIpc) is 2.96. The van der Waals surface area contributed by atoms with Crippen molar-refractivity contribution in [3.8, 4) is 5.75 Å². The largest absolute Gasteiger partial charge is 0.497 e. The number of urea groups is 1. The number of rotatable bonds is 9. The number of hydrogen-bond acceptors (Lipinski definition) is 3. The zero-order valence-electron chi connectivity index (χ0n) is 17.2. The number of hydrogen-bond donors (Lipinski definition) is 0. The molecule has 2 aromatic rings. The summed E-state index contributed by atoms with van der Waals surface area (Å²) in [6, 6.07) is 10.3. The second-order valence-corrected chi connectivity index (χ2v) is 7.40. The lowest BCUT2D eigenvalue weighted by Crippen LogP contribution is -2.35. The van der Waals surface area contributed by atoms with Crippen molar-refractivity contribution in [1.29, 1.82) is 0 Å². The molecule has 1 unspecified atom stereocenters. The highest BCUT2D eigenvalue weighted by Gasteiger charge is 2.43. The topological polar surface area (TPSA) is 49.9 Å². The molecular weight excluding hydrogens is 390 g/mol. The molecule has 0 spiro atoms. The zero-order chi connectivity index (χ0) is 21.7. The van der Waals surface area contributed by atoms with E-state index < -0.39 is 17.7 Å². The summed E-state index contributed by atoms with van der Waals surface area (Å²) in [5.41, 5.74) is 1.51. The van der Waals surface area contributed by atoms with E-state index in [4.69, 9.17) is 4.74 Å². The van der Waals surface area contributed by atoms with Gasteiger partial charge in [-0.15, -0.1) is 0 Å². The van der Waals surface area contributed by atoms with Crippen molar-refractivity contribution in [3.05, 3.63) is 65.2 Å². The van der Waals surface area contributed by atoms with Gasteiger partial charge in [-0.3, -0.25) is 9.69 Å². The quantitative estimate of drug-likeness (QED) is 0.564. The van der Waals surface area contributed by atoms with Gasteiger partial charge in [0, 0.05) is 6.54 Å². The van der Waals surface area contributed by atoms with Gasteiger partial charge in [-0.1, -0.05) is 25.1 Å². The first-order chi connectivity index (χ1) is 14.4. The van der Waals surface area contributed by atoms with Gasteiger partial charge in [-0.05, 0) is 61.1 Å². The van der Waals surface area contributed by atoms with E-state index in [1.165, 1.54) is 6.07 Å². The number of methoxy groups -OCH3 is 1. The standard InChI is InChI=1S/C23H26F2N2O3/c1-3-13-26-21(6-4-5-16-7-10-18(30-2)11-8-16)22(28)27(23(26)29)15-17-9-12-19(24)20(25)14-17/h7-12,14,21H,3-6,13,15H2,1-2H3. The van der Waals surface area contributed by atoms with E-state index in [0.717, 1.165) is 47.6 Å². The number of aryl methyl sites for hydroxylation is 1. The Morgan fingerprint density at radius 1 is 1.00 bits per heavy atom. The Kier molecular flexibility index (Phi) is 7.03. The molecule has 2 aromatic carbocycles. The Morgan fingerprint density at radius 2 is 1.70 bits per heavy atom. The molecule has 30 heavy (non-hydrogen) atoms. The molecule has 0 aromatic heterocycles. The zero-order valence-corrected chi connectivity index (χ0v) is 17.2. The van der Waals surface area contributed by atoms with Crippen LogP contribution in [0.15, 0.2) is 42.5 Å². The van der Waals surface area contributed by atoms with E-state index in [1.807, 2.05) is 31.2 Å². The first-order valence-corrected chi connectivity index (χ1v) is 10.1. The van der Waals surface area contributed by atoms with Gasteiger partial charge in [0.2, 0.25) is 0 Å². The molecule has 1 fully saturated rings. The van der Waals surface area contributed by atoms with Crippen molar-refractivity contribution in [1.82, 2.24) is 9.80 Å². The predicted octanol–water partition coefficient (Wildman–Crippen LogP) is 4.54. The van der Waals surface area contributed by atoms with Crippen molar-refractivity contribution in [2.24, 2.45) is 0 Å². The highest BCUT2D eigenvalue weighted by atomic mass is 19.2. The third-order valence-electron chi connectivity index (χ3n) is 5.30. The molecular formula is C23H26F2N2O3. The number of benzene rings is 2. The summed E-state index contributed by atoms with van der Waals surface area (Å²) in [7, 11) is 1.62. The molecule has 1 aliphatic rings. The molecule has 3 rings (SSSR count). The summed E-state index contributed by atoms with van der Waals surface area (Å²) >= 11 is 0. The van der Waals surface area contributed by atoms with Crippen LogP contribution in [0.2, 0.25) is 0 Å². The third-order valence-corrected chi connectivity index (χ3v) is 5.30. The molecule has 0 radical (unpaired) electrons. The molecule has 5 nitrogen and oxygen atoms in total. The second kappa shape index (κ2) is 9.69. The molecule has 0 aliphatic carbocycles. The van der Waals surface area contributed by atoms with Crippen LogP contribution in [0.3, 0.4) is 0 Å². The number of nitrogens with zero attached hydrogens (tertiary/aromatic N) is 2. The molecule has 7 heteroatoms. The summed E-state index contributed by atoms with van der Waals surface area (Å²) < 4.78 is 31.8. The van der Waals surface area contributed by atoms with Crippen LogP contribution in [0, 0.1) is 11.6 Å². The molecule has 3 amide bonds. The lowest BCUT2D eigenvalue weighted by atomic mass is 10.0. The lowest BCUT2D eigenvalue weighted by Gasteiger charge is -2.21. The summed E-state index contributed by atoms with van der Waals surface area (Å²) in [5, 5.41) is 0. The average molecular weight is 416 g/mol. The SMILES string of the molecule is CCCN1C(=O)N(Cc2ccc(F)c(F)c2)C(=O)C1CCCc1ccc(OC)cc1. The van der Waals surface area contributed by atoms with Crippen LogP contribution in [0.4, 0.5) is 13.6 Å². The molecule has 160 valence electrons. The Morgan fingerprint density at radius 3 is 2.33 bits per heavy atom. The fourth-order valence-electron chi connectivity index (χ4n) is 3.73. The maximum atomic E-state index is 13.5. The van der Waals surface area contributed by atoms with Crippen molar-refractivity contribution in [3.63, 3.8) is 0 Å². The van der Waals surface area contributed by atoms with Gasteiger partial charge in [0.1, 0.15) is 11.8 Å². The number of carbonyl (C=O) groups is 2. The van der Waals surface area contributed by atoms with Crippen LogP contribution in [0.1, 0.15) is 37.3 Å². The monoisotopic (exact) mass is 416 g/mol. The van der Waals surface area contributed by atoms with E-state index in [-0.39, 0.29) is 18.5 Å². The molecule has 1 atom stereocenters. The number of amides is 3. The highest BCUT2D eigenvalue weighted by molar-refractivity contribution is 6.04. The summed E-state index contributed by atoms with van der Waals surface area (Å²) in [5.74, 6) is -1.44. The van der Waals surface area contributed by atoms with Gasteiger partial charge < -0.3 is 9.64 Å². The molecule has 1 heterocycles. The molecule has 0 N–H and O–H groups in total. The van der Waals surface area contributed by atoms with Crippen molar-refractivity contribution >= 4 is 11.9 Å². The molecule has 0 saturated carbocycles. The van der Waals surface area contributed by atoms with Crippen LogP contribution in [0.25, 0.3) is 0 Å². The Balaban J connectivity index is 1.66. The van der Waals surface area contributed by atoms with Crippen molar-refractivity contribution < 1.29 is 23.1 Å². The summed E-state index contributed by atoms with van der Waals surface area (Å²) in [6.07, 6.45) is 2.80. The van der Waals surface area contributed by atoms with E-state index in [1.54, 1.807) is 12.0 Å². The normalized spacial score (nSPS) is 16.5.